The molecule has 1 heterocycles. The van der Waals surface area contributed by atoms with Gasteiger partial charge < -0.3 is 10.5 Å². The van der Waals surface area contributed by atoms with Crippen LogP contribution in [0.1, 0.15) is 19.4 Å². The van der Waals surface area contributed by atoms with Crippen molar-refractivity contribution in [2.24, 2.45) is 5.73 Å². The smallest absolute Gasteiger partial charge is 0.141 e. The maximum absolute atomic E-state index is 13.1. The highest BCUT2D eigenvalue weighted by atomic mass is 35.5. The van der Waals surface area contributed by atoms with Gasteiger partial charge in [0.05, 0.1) is 23.7 Å². The predicted molar refractivity (Wildman–Crippen MR) is 62.2 cm³/mol. The first-order valence-electron chi connectivity index (χ1n) is 5.19. The zero-order valence-corrected chi connectivity index (χ0v) is 10.1. The van der Waals surface area contributed by atoms with E-state index in [1.165, 1.54) is 6.07 Å². The van der Waals surface area contributed by atoms with Gasteiger partial charge >= 0.3 is 0 Å². The first kappa shape index (κ1) is 11.8. The van der Waals surface area contributed by atoms with Crippen LogP contribution in [0.5, 0.6) is 0 Å². The molecular weight excluding hydrogens is 229 g/mol. The molecule has 1 aromatic rings. The zero-order valence-electron chi connectivity index (χ0n) is 9.39. The fraction of sp³-hybridized carbons (Fsp3) is 0.500. The minimum Gasteiger partial charge on any atom is -0.379 e. The van der Waals surface area contributed by atoms with E-state index >= 15 is 0 Å². The lowest BCUT2D eigenvalue weighted by atomic mass is 9.66. The molecule has 1 aromatic carbocycles. The molecule has 1 saturated heterocycles. The molecule has 0 amide bonds. The van der Waals surface area contributed by atoms with Crippen molar-refractivity contribution in [1.82, 2.24) is 0 Å². The third-order valence-electron chi connectivity index (χ3n) is 3.40. The molecule has 2 N–H and O–H groups in total. The summed E-state index contributed by atoms with van der Waals surface area (Å²) in [6.07, 6.45) is 0. The van der Waals surface area contributed by atoms with Gasteiger partial charge in [0, 0.05) is 5.54 Å². The van der Waals surface area contributed by atoms with Crippen LogP contribution < -0.4 is 5.73 Å². The number of halogens is 2. The lowest BCUT2D eigenvalue weighted by Crippen LogP contribution is -2.64. The van der Waals surface area contributed by atoms with Crippen LogP contribution in [0.25, 0.3) is 0 Å². The van der Waals surface area contributed by atoms with Crippen LogP contribution in [-0.2, 0) is 10.2 Å². The van der Waals surface area contributed by atoms with E-state index in [0.29, 0.717) is 13.2 Å². The minimum atomic E-state index is -0.424. The van der Waals surface area contributed by atoms with Gasteiger partial charge in [0.1, 0.15) is 5.82 Å². The van der Waals surface area contributed by atoms with E-state index in [9.17, 15) is 4.39 Å². The van der Waals surface area contributed by atoms with Gasteiger partial charge in [0.25, 0.3) is 0 Å². The van der Waals surface area contributed by atoms with Crippen molar-refractivity contribution in [2.45, 2.75) is 24.8 Å². The molecule has 1 aliphatic heterocycles. The maximum Gasteiger partial charge on any atom is 0.141 e. The van der Waals surface area contributed by atoms with Crippen molar-refractivity contribution in [3.8, 4) is 0 Å². The van der Waals surface area contributed by atoms with Crippen molar-refractivity contribution < 1.29 is 9.13 Å². The number of hydrogen-bond acceptors (Lipinski definition) is 2. The Morgan fingerprint density at radius 2 is 2.06 bits per heavy atom. The largest absolute Gasteiger partial charge is 0.379 e. The first-order valence-corrected chi connectivity index (χ1v) is 5.57. The molecule has 2 nitrogen and oxygen atoms in total. The molecule has 0 unspecified atom stereocenters. The molecule has 0 atom stereocenters. The molecule has 88 valence electrons. The Hall–Kier alpha value is -0.640. The van der Waals surface area contributed by atoms with Crippen molar-refractivity contribution in [1.29, 1.82) is 0 Å². The summed E-state index contributed by atoms with van der Waals surface area (Å²) in [7, 11) is 0. The van der Waals surface area contributed by atoms with Crippen LogP contribution in [0.2, 0.25) is 5.02 Å². The topological polar surface area (TPSA) is 35.2 Å². The van der Waals surface area contributed by atoms with Gasteiger partial charge in [0.2, 0.25) is 0 Å². The lowest BCUT2D eigenvalue weighted by molar-refractivity contribution is -0.0919. The van der Waals surface area contributed by atoms with Gasteiger partial charge in [-0.2, -0.15) is 0 Å². The highest BCUT2D eigenvalue weighted by Gasteiger charge is 2.50. The van der Waals surface area contributed by atoms with Crippen molar-refractivity contribution in [3.63, 3.8) is 0 Å². The van der Waals surface area contributed by atoms with Crippen LogP contribution in [0, 0.1) is 5.82 Å². The average Bonchev–Trinajstić information content (AvgIpc) is 2.06. The molecule has 0 aliphatic carbocycles. The second-order valence-electron chi connectivity index (χ2n) is 4.93. The zero-order chi connectivity index (χ0) is 12.0. The van der Waals surface area contributed by atoms with Crippen molar-refractivity contribution in [3.05, 3.63) is 34.6 Å². The standard InChI is InChI=1S/C12H15ClFNO/c1-11(2,15)12(6-16-7-12)8-3-4-10(14)9(13)5-8/h3-5H,6-7,15H2,1-2H3. The van der Waals surface area contributed by atoms with E-state index in [1.807, 2.05) is 13.8 Å². The van der Waals surface area contributed by atoms with Crippen LogP contribution in [-0.4, -0.2) is 18.8 Å². The van der Waals surface area contributed by atoms with Gasteiger partial charge in [-0.15, -0.1) is 0 Å². The number of hydrogen-bond donors (Lipinski definition) is 1. The van der Waals surface area contributed by atoms with Gasteiger partial charge in [-0.05, 0) is 31.5 Å². The Morgan fingerprint density at radius 3 is 2.44 bits per heavy atom. The van der Waals surface area contributed by atoms with Crippen LogP contribution >= 0.6 is 11.6 Å². The lowest BCUT2D eigenvalue weighted by Gasteiger charge is -2.51. The molecule has 1 aliphatic rings. The summed E-state index contributed by atoms with van der Waals surface area (Å²) in [4.78, 5) is 0. The molecule has 0 radical (unpaired) electrons. The van der Waals surface area contributed by atoms with Crippen LogP contribution in [0.15, 0.2) is 18.2 Å². The molecule has 2 rings (SSSR count). The summed E-state index contributed by atoms with van der Waals surface area (Å²) in [6.45, 7) is 5.01. The molecule has 0 aromatic heterocycles. The number of nitrogens with two attached hydrogens (primary N) is 1. The van der Waals surface area contributed by atoms with Gasteiger partial charge in [-0.1, -0.05) is 17.7 Å². The van der Waals surface area contributed by atoms with E-state index < -0.39 is 11.4 Å². The maximum atomic E-state index is 13.1. The molecule has 16 heavy (non-hydrogen) atoms. The number of benzene rings is 1. The minimum absolute atomic E-state index is 0.132. The second kappa shape index (κ2) is 3.69. The number of rotatable bonds is 2. The molecule has 0 spiro atoms. The second-order valence-corrected chi connectivity index (χ2v) is 5.33. The SMILES string of the molecule is CC(C)(N)C1(c2ccc(F)c(Cl)c2)COC1. The molecular formula is C12H15ClFNO. The van der Waals surface area contributed by atoms with Crippen LogP contribution in [0.3, 0.4) is 0 Å². The number of ether oxygens (including phenoxy) is 1. The third-order valence-corrected chi connectivity index (χ3v) is 3.69. The Bertz CT molecular complexity index is 410. The summed E-state index contributed by atoms with van der Waals surface area (Å²) < 4.78 is 18.4. The van der Waals surface area contributed by atoms with E-state index in [4.69, 9.17) is 22.1 Å². The molecule has 4 heteroatoms. The highest BCUT2D eigenvalue weighted by Crippen LogP contribution is 2.41. The predicted octanol–water partition coefficient (Wildman–Crippen LogP) is 2.48. The van der Waals surface area contributed by atoms with E-state index in [-0.39, 0.29) is 10.4 Å². The summed E-state index contributed by atoms with van der Waals surface area (Å²) in [5.41, 5.74) is 6.44. The van der Waals surface area contributed by atoms with Crippen molar-refractivity contribution >= 4 is 11.6 Å². The highest BCUT2D eigenvalue weighted by molar-refractivity contribution is 6.30. The van der Waals surface area contributed by atoms with Gasteiger partial charge in [0.15, 0.2) is 0 Å². The van der Waals surface area contributed by atoms with Gasteiger partial charge in [-0.3, -0.25) is 0 Å². The van der Waals surface area contributed by atoms with E-state index in [2.05, 4.69) is 0 Å². The Labute approximate surface area is 99.5 Å². The quantitative estimate of drug-likeness (QED) is 0.866. The summed E-state index contributed by atoms with van der Waals surface area (Å²) in [5, 5.41) is 0.132. The van der Waals surface area contributed by atoms with Crippen LogP contribution in [0.4, 0.5) is 4.39 Å². The fourth-order valence-electron chi connectivity index (χ4n) is 2.01. The molecule has 0 bridgehead atoms. The Kier molecular flexibility index (Phi) is 2.73. The normalized spacial score (nSPS) is 19.3. The van der Waals surface area contributed by atoms with E-state index in [0.717, 1.165) is 5.56 Å². The summed E-state index contributed by atoms with van der Waals surface area (Å²) in [5.74, 6) is -0.407. The third kappa shape index (κ3) is 1.63. The summed E-state index contributed by atoms with van der Waals surface area (Å²) >= 11 is 5.79. The molecule has 1 fully saturated rings. The summed E-state index contributed by atoms with van der Waals surface area (Å²) in [6, 6.07) is 4.76. The van der Waals surface area contributed by atoms with Gasteiger partial charge in [-0.25, -0.2) is 4.39 Å². The fourth-order valence-corrected chi connectivity index (χ4v) is 2.19. The Morgan fingerprint density at radius 1 is 1.44 bits per heavy atom. The van der Waals surface area contributed by atoms with E-state index in [1.54, 1.807) is 12.1 Å². The monoisotopic (exact) mass is 243 g/mol. The average molecular weight is 244 g/mol. The van der Waals surface area contributed by atoms with Crippen molar-refractivity contribution in [2.75, 3.05) is 13.2 Å². The first-order chi connectivity index (χ1) is 7.37. The Balaban J connectivity index is 2.45. The molecule has 0 saturated carbocycles.